The highest BCUT2D eigenvalue weighted by Crippen LogP contribution is 2.32. The Bertz CT molecular complexity index is 973. The zero-order chi connectivity index (χ0) is 18.5. The molecule has 2 saturated heterocycles. The van der Waals surface area contributed by atoms with Gasteiger partial charge in [0.05, 0.1) is 0 Å². The van der Waals surface area contributed by atoms with E-state index < -0.39 is 0 Å². The molecule has 4 heterocycles. The van der Waals surface area contributed by atoms with E-state index in [0.717, 1.165) is 54.3 Å². The zero-order valence-corrected chi connectivity index (χ0v) is 15.6. The maximum atomic E-state index is 6.42. The number of fused-ring (bicyclic) bond motifs is 2. The lowest BCUT2D eigenvalue weighted by Gasteiger charge is -2.36. The standard InChI is InChI=1S/C21H20BN5O/c1-7-26(8-1)15-3-5-17-19(11-15)28-20-12-16(27-9-2-10-27)4-6-18(20)22(17)21-24-13-23-14-25-21/h3-6,11-14H,1-2,7-10H2. The molecule has 2 fully saturated rings. The highest BCUT2D eigenvalue weighted by Gasteiger charge is 2.36. The molecule has 6 nitrogen and oxygen atoms in total. The van der Waals surface area contributed by atoms with Gasteiger partial charge in [-0.05, 0) is 35.9 Å². The first kappa shape index (κ1) is 15.9. The van der Waals surface area contributed by atoms with Crippen molar-refractivity contribution in [2.24, 2.45) is 0 Å². The Morgan fingerprint density at radius 2 is 1.29 bits per heavy atom. The van der Waals surface area contributed by atoms with E-state index in [2.05, 4.69) is 61.1 Å². The van der Waals surface area contributed by atoms with Crippen LogP contribution < -0.4 is 31.2 Å². The number of benzene rings is 2. The molecule has 3 aliphatic heterocycles. The number of hydrogen-bond donors (Lipinski definition) is 0. The van der Waals surface area contributed by atoms with Gasteiger partial charge in [-0.2, -0.15) is 0 Å². The number of hydrogen-bond acceptors (Lipinski definition) is 6. The first-order valence-corrected chi connectivity index (χ1v) is 9.94. The first-order valence-electron chi connectivity index (χ1n) is 9.94. The van der Waals surface area contributed by atoms with Gasteiger partial charge in [0, 0.05) is 49.7 Å². The Morgan fingerprint density at radius 3 is 1.75 bits per heavy atom. The van der Waals surface area contributed by atoms with E-state index in [4.69, 9.17) is 4.74 Å². The van der Waals surface area contributed by atoms with Gasteiger partial charge in [0.1, 0.15) is 29.9 Å². The van der Waals surface area contributed by atoms with Gasteiger partial charge in [0.15, 0.2) is 0 Å². The van der Waals surface area contributed by atoms with Gasteiger partial charge in [-0.3, -0.25) is 0 Å². The molecular formula is C21H20BN5O. The maximum absolute atomic E-state index is 6.42. The van der Waals surface area contributed by atoms with Crippen LogP contribution in [0.15, 0.2) is 49.1 Å². The lowest BCUT2D eigenvalue weighted by atomic mass is 9.38. The summed E-state index contributed by atoms with van der Waals surface area (Å²) in [5, 5.41) is 0. The van der Waals surface area contributed by atoms with E-state index in [1.165, 1.54) is 24.2 Å². The minimum Gasteiger partial charge on any atom is -0.458 e. The smallest absolute Gasteiger partial charge is 0.298 e. The molecule has 0 unspecified atom stereocenters. The topological polar surface area (TPSA) is 54.4 Å². The summed E-state index contributed by atoms with van der Waals surface area (Å²) in [5.74, 6) is 1.81. The summed E-state index contributed by atoms with van der Waals surface area (Å²) in [6, 6.07) is 13.1. The van der Waals surface area contributed by atoms with Crippen LogP contribution in [0, 0.1) is 0 Å². The second-order valence-electron chi connectivity index (χ2n) is 7.66. The van der Waals surface area contributed by atoms with Crippen LogP contribution >= 0.6 is 0 Å². The molecule has 2 aromatic carbocycles. The molecule has 138 valence electrons. The van der Waals surface area contributed by atoms with Gasteiger partial charge in [-0.1, -0.05) is 12.1 Å². The van der Waals surface area contributed by atoms with Crippen LogP contribution in [0.25, 0.3) is 0 Å². The minimum absolute atomic E-state index is 0.0439. The van der Waals surface area contributed by atoms with Crippen LogP contribution in [0.5, 0.6) is 11.5 Å². The summed E-state index contributed by atoms with van der Waals surface area (Å²) in [5.41, 5.74) is 5.43. The van der Waals surface area contributed by atoms with Crippen molar-refractivity contribution in [3.8, 4) is 11.5 Å². The summed E-state index contributed by atoms with van der Waals surface area (Å²) in [6.07, 6.45) is 5.65. The third-order valence-corrected chi connectivity index (χ3v) is 6.05. The Labute approximate surface area is 164 Å². The van der Waals surface area contributed by atoms with E-state index in [1.807, 2.05) is 0 Å². The van der Waals surface area contributed by atoms with Crippen molar-refractivity contribution < 1.29 is 4.74 Å². The average Bonchev–Trinajstić information content (AvgIpc) is 2.64. The normalized spacial score (nSPS) is 17.2. The Balaban J connectivity index is 1.48. The van der Waals surface area contributed by atoms with Crippen molar-refractivity contribution in [2.45, 2.75) is 12.8 Å². The number of aromatic nitrogens is 3. The molecule has 0 atom stereocenters. The van der Waals surface area contributed by atoms with E-state index in [-0.39, 0.29) is 6.71 Å². The Hall–Kier alpha value is -3.09. The van der Waals surface area contributed by atoms with Crippen molar-refractivity contribution in [3.05, 3.63) is 49.1 Å². The SMILES string of the molecule is c1ncnc(B2c3ccc(N4CCC4)cc3Oc3cc(N4CCC4)ccc32)n1. The largest absolute Gasteiger partial charge is 0.458 e. The van der Waals surface area contributed by atoms with E-state index in [9.17, 15) is 0 Å². The predicted octanol–water partition coefficient (Wildman–Crippen LogP) is 0.914. The fourth-order valence-corrected chi connectivity index (χ4v) is 4.20. The maximum Gasteiger partial charge on any atom is 0.298 e. The van der Waals surface area contributed by atoms with Crippen LogP contribution in [0.3, 0.4) is 0 Å². The van der Waals surface area contributed by atoms with Crippen LogP contribution in [-0.4, -0.2) is 47.8 Å². The molecule has 28 heavy (non-hydrogen) atoms. The van der Waals surface area contributed by atoms with E-state index in [1.54, 1.807) is 12.7 Å². The molecule has 0 bridgehead atoms. The highest BCUT2D eigenvalue weighted by atomic mass is 16.5. The molecular weight excluding hydrogens is 349 g/mol. The molecule has 3 aromatic rings. The molecule has 3 aliphatic rings. The Morgan fingerprint density at radius 1 is 0.750 bits per heavy atom. The number of ether oxygens (including phenoxy) is 1. The fraction of sp³-hybridized carbons (Fsp3) is 0.286. The molecule has 1 aromatic heterocycles. The first-order chi connectivity index (χ1) is 13.9. The summed E-state index contributed by atoms with van der Waals surface area (Å²) in [7, 11) is 0. The summed E-state index contributed by atoms with van der Waals surface area (Å²) in [4.78, 5) is 17.7. The Kier molecular flexibility index (Phi) is 3.54. The van der Waals surface area contributed by atoms with Gasteiger partial charge >= 0.3 is 0 Å². The zero-order valence-electron chi connectivity index (χ0n) is 15.6. The molecule has 0 spiro atoms. The second kappa shape index (κ2) is 6.22. The average molecular weight is 369 g/mol. The highest BCUT2D eigenvalue weighted by molar-refractivity contribution is 6.96. The van der Waals surface area contributed by atoms with Gasteiger partial charge in [-0.25, -0.2) is 15.0 Å². The number of rotatable bonds is 3. The molecule has 0 amide bonds. The molecule has 0 radical (unpaired) electrons. The van der Waals surface area contributed by atoms with E-state index >= 15 is 0 Å². The summed E-state index contributed by atoms with van der Waals surface area (Å²) in [6.45, 7) is 4.42. The van der Waals surface area contributed by atoms with Crippen LogP contribution in [0.1, 0.15) is 12.8 Å². The van der Waals surface area contributed by atoms with Gasteiger partial charge in [-0.15, -0.1) is 0 Å². The molecule has 0 N–H and O–H groups in total. The quantitative estimate of drug-likeness (QED) is 0.501. The third-order valence-electron chi connectivity index (χ3n) is 6.05. The van der Waals surface area contributed by atoms with E-state index in [0.29, 0.717) is 0 Å². The van der Waals surface area contributed by atoms with Gasteiger partial charge < -0.3 is 14.5 Å². The molecule has 7 heteroatoms. The fourth-order valence-electron chi connectivity index (χ4n) is 4.20. The predicted molar refractivity (Wildman–Crippen MR) is 111 cm³/mol. The number of nitrogens with zero attached hydrogens (tertiary/aromatic N) is 5. The van der Waals surface area contributed by atoms with Gasteiger partial charge in [0.2, 0.25) is 0 Å². The van der Waals surface area contributed by atoms with Crippen LogP contribution in [-0.2, 0) is 0 Å². The lowest BCUT2D eigenvalue weighted by Crippen LogP contribution is -2.57. The minimum atomic E-state index is -0.0439. The molecule has 0 aliphatic carbocycles. The van der Waals surface area contributed by atoms with Crippen molar-refractivity contribution >= 4 is 34.7 Å². The molecule has 0 saturated carbocycles. The van der Waals surface area contributed by atoms with Crippen molar-refractivity contribution in [1.82, 2.24) is 15.0 Å². The third kappa shape index (κ3) is 2.46. The lowest BCUT2D eigenvalue weighted by molar-refractivity contribution is 0.486. The van der Waals surface area contributed by atoms with Crippen molar-refractivity contribution in [3.63, 3.8) is 0 Å². The monoisotopic (exact) mass is 369 g/mol. The summed E-state index contributed by atoms with van der Waals surface area (Å²) >= 11 is 0. The van der Waals surface area contributed by atoms with Crippen molar-refractivity contribution in [2.75, 3.05) is 36.0 Å². The van der Waals surface area contributed by atoms with Crippen LogP contribution in [0.4, 0.5) is 11.4 Å². The van der Waals surface area contributed by atoms with Crippen molar-refractivity contribution in [1.29, 1.82) is 0 Å². The number of anilines is 2. The van der Waals surface area contributed by atoms with Gasteiger partial charge in [0.25, 0.3) is 6.71 Å². The molecule has 6 rings (SSSR count). The van der Waals surface area contributed by atoms with Crippen LogP contribution in [0.2, 0.25) is 0 Å². The summed E-state index contributed by atoms with van der Waals surface area (Å²) < 4.78 is 6.42. The second-order valence-corrected chi connectivity index (χ2v) is 7.66.